The van der Waals surface area contributed by atoms with Crippen molar-refractivity contribution in [1.29, 1.82) is 0 Å². The van der Waals surface area contributed by atoms with Gasteiger partial charge in [-0.25, -0.2) is 0 Å². The Labute approximate surface area is 123 Å². The summed E-state index contributed by atoms with van der Waals surface area (Å²) in [6, 6.07) is 3.97. The Morgan fingerprint density at radius 2 is 2.32 bits per heavy atom. The summed E-state index contributed by atoms with van der Waals surface area (Å²) in [7, 11) is 1.86. The van der Waals surface area contributed by atoms with Crippen LogP contribution in [0, 0.1) is 11.8 Å². The zero-order valence-electron chi connectivity index (χ0n) is 11.6. The Morgan fingerprint density at radius 3 is 2.95 bits per heavy atom. The van der Waals surface area contributed by atoms with Gasteiger partial charge in [0.2, 0.25) is 0 Å². The Balaban J connectivity index is 2.68. The molecule has 0 aliphatic carbocycles. The molecular formula is C14H20N2OS2. The van der Waals surface area contributed by atoms with Crippen molar-refractivity contribution in [3.8, 4) is 11.8 Å². The molecule has 0 fully saturated rings. The molecule has 1 atom stereocenters. The van der Waals surface area contributed by atoms with E-state index in [-0.39, 0.29) is 11.9 Å². The fourth-order valence-electron chi connectivity index (χ4n) is 1.51. The molecule has 2 N–H and O–H groups in total. The summed E-state index contributed by atoms with van der Waals surface area (Å²) in [6.45, 7) is 2.42. The molecular weight excluding hydrogens is 276 g/mol. The number of nitrogens with two attached hydrogens (primary N) is 1. The van der Waals surface area contributed by atoms with Crippen molar-refractivity contribution in [2.24, 2.45) is 5.73 Å². The van der Waals surface area contributed by atoms with Crippen LogP contribution in [-0.2, 0) is 0 Å². The lowest BCUT2D eigenvalue weighted by molar-refractivity contribution is 0.0746. The molecule has 1 unspecified atom stereocenters. The summed E-state index contributed by atoms with van der Waals surface area (Å²) < 4.78 is 0. The van der Waals surface area contributed by atoms with E-state index in [1.54, 1.807) is 11.8 Å². The van der Waals surface area contributed by atoms with E-state index in [0.717, 1.165) is 21.9 Å². The maximum absolute atomic E-state index is 12.3. The van der Waals surface area contributed by atoms with Gasteiger partial charge in [-0.2, -0.15) is 11.8 Å². The van der Waals surface area contributed by atoms with Crippen LogP contribution in [0.15, 0.2) is 12.1 Å². The summed E-state index contributed by atoms with van der Waals surface area (Å²) in [5, 5.41) is 0. The molecule has 0 spiro atoms. The highest BCUT2D eigenvalue weighted by molar-refractivity contribution is 7.98. The van der Waals surface area contributed by atoms with Crippen molar-refractivity contribution in [1.82, 2.24) is 4.90 Å². The number of nitrogens with zero attached hydrogens (tertiary/aromatic N) is 1. The lowest BCUT2D eigenvalue weighted by atomic mass is 10.2. The molecule has 0 radical (unpaired) electrons. The molecule has 0 bridgehead atoms. The van der Waals surface area contributed by atoms with E-state index >= 15 is 0 Å². The second-order valence-corrected chi connectivity index (χ2v) is 6.29. The summed E-state index contributed by atoms with van der Waals surface area (Å²) in [6.07, 6.45) is 3.09. The van der Waals surface area contributed by atoms with Crippen molar-refractivity contribution in [2.45, 2.75) is 19.4 Å². The highest BCUT2D eigenvalue weighted by atomic mass is 32.2. The fraction of sp³-hybridized carbons (Fsp3) is 0.500. The van der Waals surface area contributed by atoms with Crippen LogP contribution < -0.4 is 5.73 Å². The lowest BCUT2D eigenvalue weighted by Crippen LogP contribution is -2.35. The number of thioether (sulfide) groups is 1. The van der Waals surface area contributed by atoms with Gasteiger partial charge in [0.1, 0.15) is 0 Å². The van der Waals surface area contributed by atoms with Crippen molar-refractivity contribution in [2.75, 3.05) is 25.6 Å². The Hall–Kier alpha value is -0.960. The topological polar surface area (TPSA) is 46.3 Å². The quantitative estimate of drug-likeness (QED) is 0.848. The smallest absolute Gasteiger partial charge is 0.263 e. The molecule has 0 aliphatic rings. The first-order valence-electron chi connectivity index (χ1n) is 6.15. The number of carbonyl (C=O) groups is 1. The van der Waals surface area contributed by atoms with Gasteiger partial charge in [-0.3, -0.25) is 4.79 Å². The van der Waals surface area contributed by atoms with Crippen molar-refractivity contribution in [3.05, 3.63) is 21.9 Å². The molecule has 5 heteroatoms. The fourth-order valence-corrected chi connectivity index (χ4v) is 2.95. The molecule has 1 heterocycles. The van der Waals surface area contributed by atoms with E-state index in [1.807, 2.05) is 24.1 Å². The Morgan fingerprint density at radius 1 is 1.58 bits per heavy atom. The number of hydrogen-bond donors (Lipinski definition) is 1. The van der Waals surface area contributed by atoms with Gasteiger partial charge in [-0.05, 0) is 37.5 Å². The second kappa shape index (κ2) is 8.26. The third kappa shape index (κ3) is 4.90. The standard InChI is InChI=1S/C14H20N2OS2/c1-11(8-10-18-3)16(2)14(17)13-7-6-12(19-13)5-4-9-15/h6-7,11H,8-10,15H2,1-3H3. The minimum atomic E-state index is 0.0689. The van der Waals surface area contributed by atoms with Gasteiger partial charge >= 0.3 is 0 Å². The predicted octanol–water partition coefficient (Wildman–Crippen LogP) is 2.27. The van der Waals surface area contributed by atoms with E-state index < -0.39 is 0 Å². The zero-order chi connectivity index (χ0) is 14.3. The van der Waals surface area contributed by atoms with Crippen LogP contribution in [0.3, 0.4) is 0 Å². The molecule has 0 saturated heterocycles. The number of carbonyl (C=O) groups excluding carboxylic acids is 1. The molecule has 3 nitrogen and oxygen atoms in total. The van der Waals surface area contributed by atoms with Crippen LogP contribution in [0.1, 0.15) is 27.9 Å². The molecule has 0 saturated carbocycles. The predicted molar refractivity (Wildman–Crippen MR) is 84.8 cm³/mol. The van der Waals surface area contributed by atoms with E-state index in [0.29, 0.717) is 6.54 Å². The summed E-state index contributed by atoms with van der Waals surface area (Å²) in [5.74, 6) is 6.88. The number of hydrogen-bond acceptors (Lipinski definition) is 4. The minimum absolute atomic E-state index is 0.0689. The molecule has 19 heavy (non-hydrogen) atoms. The van der Waals surface area contributed by atoms with E-state index in [4.69, 9.17) is 5.73 Å². The normalized spacial score (nSPS) is 11.6. The van der Waals surface area contributed by atoms with Crippen molar-refractivity contribution in [3.63, 3.8) is 0 Å². The average molecular weight is 296 g/mol. The first-order chi connectivity index (χ1) is 9.10. The van der Waals surface area contributed by atoms with Crippen LogP contribution >= 0.6 is 23.1 Å². The molecule has 0 aromatic carbocycles. The third-order valence-corrected chi connectivity index (χ3v) is 4.48. The number of thiophene rings is 1. The van der Waals surface area contributed by atoms with Gasteiger partial charge in [0.05, 0.1) is 16.3 Å². The maximum atomic E-state index is 12.3. The first-order valence-corrected chi connectivity index (χ1v) is 8.36. The lowest BCUT2D eigenvalue weighted by Gasteiger charge is -2.24. The minimum Gasteiger partial charge on any atom is -0.338 e. The summed E-state index contributed by atoms with van der Waals surface area (Å²) >= 11 is 3.23. The third-order valence-electron chi connectivity index (χ3n) is 2.85. The van der Waals surface area contributed by atoms with Crippen LogP contribution in [-0.4, -0.2) is 42.4 Å². The molecule has 1 amide bonds. The van der Waals surface area contributed by atoms with E-state index in [1.165, 1.54) is 11.3 Å². The highest BCUT2D eigenvalue weighted by Gasteiger charge is 2.18. The Kier molecular flexibility index (Phi) is 7.00. The van der Waals surface area contributed by atoms with Gasteiger partial charge in [-0.15, -0.1) is 11.3 Å². The largest absolute Gasteiger partial charge is 0.338 e. The monoisotopic (exact) mass is 296 g/mol. The zero-order valence-corrected chi connectivity index (χ0v) is 13.2. The SMILES string of the molecule is CSCCC(C)N(C)C(=O)c1ccc(C#CCN)s1. The van der Waals surface area contributed by atoms with Gasteiger partial charge in [0, 0.05) is 13.1 Å². The molecule has 1 rings (SSSR count). The van der Waals surface area contributed by atoms with Gasteiger partial charge in [0.25, 0.3) is 5.91 Å². The van der Waals surface area contributed by atoms with Crippen LogP contribution in [0.5, 0.6) is 0 Å². The first kappa shape index (κ1) is 16.1. The molecule has 1 aromatic rings. The van der Waals surface area contributed by atoms with Gasteiger partial charge in [-0.1, -0.05) is 11.8 Å². The Bertz CT molecular complexity index is 473. The maximum Gasteiger partial charge on any atom is 0.263 e. The van der Waals surface area contributed by atoms with Crippen LogP contribution in [0.25, 0.3) is 0 Å². The second-order valence-electron chi connectivity index (χ2n) is 4.22. The average Bonchev–Trinajstić information content (AvgIpc) is 2.89. The van der Waals surface area contributed by atoms with Crippen molar-refractivity contribution >= 4 is 29.0 Å². The molecule has 1 aromatic heterocycles. The molecule has 104 valence electrons. The number of rotatable bonds is 5. The molecule has 0 aliphatic heterocycles. The number of amides is 1. The van der Waals surface area contributed by atoms with Crippen molar-refractivity contribution < 1.29 is 4.79 Å². The van der Waals surface area contributed by atoms with Crippen LogP contribution in [0.2, 0.25) is 0 Å². The summed E-state index contributed by atoms with van der Waals surface area (Å²) in [4.78, 5) is 15.7. The summed E-state index contributed by atoms with van der Waals surface area (Å²) in [5.41, 5.74) is 5.33. The van der Waals surface area contributed by atoms with E-state index in [9.17, 15) is 4.79 Å². The van der Waals surface area contributed by atoms with E-state index in [2.05, 4.69) is 25.0 Å². The highest BCUT2D eigenvalue weighted by Crippen LogP contribution is 2.19. The van der Waals surface area contributed by atoms with Gasteiger partial charge in [0.15, 0.2) is 0 Å². The van der Waals surface area contributed by atoms with Gasteiger partial charge < -0.3 is 10.6 Å². The van der Waals surface area contributed by atoms with Crippen LogP contribution in [0.4, 0.5) is 0 Å².